The monoisotopic (exact) mass is 167 g/mol. The SMILES string of the molecule is CC(C)c1nsc(CC#N)n1. The first-order valence-electron chi connectivity index (χ1n) is 3.43. The Bertz CT molecular complexity index is 271. The molecule has 0 atom stereocenters. The van der Waals surface area contributed by atoms with E-state index in [0.717, 1.165) is 10.8 Å². The summed E-state index contributed by atoms with van der Waals surface area (Å²) in [7, 11) is 0. The van der Waals surface area contributed by atoms with Crippen LogP contribution in [-0.2, 0) is 6.42 Å². The number of rotatable bonds is 2. The first kappa shape index (κ1) is 8.15. The molecular formula is C7H9N3S. The van der Waals surface area contributed by atoms with Gasteiger partial charge in [-0.3, -0.25) is 0 Å². The van der Waals surface area contributed by atoms with Gasteiger partial charge in [-0.2, -0.15) is 9.64 Å². The Morgan fingerprint density at radius 1 is 1.64 bits per heavy atom. The largest absolute Gasteiger partial charge is 0.223 e. The van der Waals surface area contributed by atoms with E-state index in [0.29, 0.717) is 12.3 Å². The summed E-state index contributed by atoms with van der Waals surface area (Å²) in [6, 6.07) is 2.04. The third kappa shape index (κ3) is 1.99. The fourth-order valence-corrected chi connectivity index (χ4v) is 1.36. The van der Waals surface area contributed by atoms with Crippen LogP contribution in [0.4, 0.5) is 0 Å². The molecule has 0 radical (unpaired) electrons. The van der Waals surface area contributed by atoms with E-state index < -0.39 is 0 Å². The first-order valence-corrected chi connectivity index (χ1v) is 4.21. The van der Waals surface area contributed by atoms with Crippen molar-refractivity contribution in [2.75, 3.05) is 0 Å². The van der Waals surface area contributed by atoms with E-state index in [-0.39, 0.29) is 0 Å². The number of nitriles is 1. The molecule has 0 bridgehead atoms. The highest BCUT2D eigenvalue weighted by molar-refractivity contribution is 7.05. The summed E-state index contributed by atoms with van der Waals surface area (Å²) in [5.41, 5.74) is 0. The lowest BCUT2D eigenvalue weighted by atomic mass is 10.2. The van der Waals surface area contributed by atoms with Crippen LogP contribution in [0.5, 0.6) is 0 Å². The summed E-state index contributed by atoms with van der Waals surface area (Å²) in [6.45, 7) is 4.08. The lowest BCUT2D eigenvalue weighted by molar-refractivity contribution is 0.793. The van der Waals surface area contributed by atoms with Gasteiger partial charge in [0.2, 0.25) is 0 Å². The fraction of sp³-hybridized carbons (Fsp3) is 0.571. The van der Waals surface area contributed by atoms with Gasteiger partial charge < -0.3 is 0 Å². The van der Waals surface area contributed by atoms with Gasteiger partial charge in [0.25, 0.3) is 0 Å². The van der Waals surface area contributed by atoms with E-state index >= 15 is 0 Å². The molecule has 0 aromatic carbocycles. The highest BCUT2D eigenvalue weighted by Crippen LogP contribution is 2.13. The van der Waals surface area contributed by atoms with Gasteiger partial charge in [-0.1, -0.05) is 13.8 Å². The second-order valence-electron chi connectivity index (χ2n) is 2.54. The van der Waals surface area contributed by atoms with E-state index in [1.54, 1.807) is 0 Å². The quantitative estimate of drug-likeness (QED) is 0.674. The smallest absolute Gasteiger partial charge is 0.145 e. The zero-order valence-electron chi connectivity index (χ0n) is 6.53. The third-order valence-electron chi connectivity index (χ3n) is 1.23. The number of nitrogens with zero attached hydrogens (tertiary/aromatic N) is 3. The predicted octanol–water partition coefficient (Wildman–Crippen LogP) is 1.73. The van der Waals surface area contributed by atoms with Crippen molar-refractivity contribution >= 4 is 11.5 Å². The first-order chi connectivity index (χ1) is 5.24. The Hall–Kier alpha value is -0.950. The van der Waals surface area contributed by atoms with E-state index in [9.17, 15) is 0 Å². The highest BCUT2D eigenvalue weighted by Gasteiger charge is 2.06. The van der Waals surface area contributed by atoms with Gasteiger partial charge in [-0.05, 0) is 11.5 Å². The van der Waals surface area contributed by atoms with Crippen LogP contribution in [0, 0.1) is 11.3 Å². The van der Waals surface area contributed by atoms with E-state index in [1.165, 1.54) is 11.5 Å². The fourth-order valence-electron chi connectivity index (χ4n) is 0.642. The van der Waals surface area contributed by atoms with Crippen molar-refractivity contribution in [3.63, 3.8) is 0 Å². The molecule has 0 spiro atoms. The minimum atomic E-state index is 0.360. The third-order valence-corrected chi connectivity index (χ3v) is 1.96. The summed E-state index contributed by atoms with van der Waals surface area (Å²) in [4.78, 5) is 4.18. The molecule has 0 fully saturated rings. The average molecular weight is 167 g/mol. The topological polar surface area (TPSA) is 49.6 Å². The standard InChI is InChI=1S/C7H9N3S/c1-5(2)7-9-6(3-4-8)11-10-7/h5H,3H2,1-2H3. The molecule has 3 nitrogen and oxygen atoms in total. The van der Waals surface area contributed by atoms with Crippen LogP contribution in [0.3, 0.4) is 0 Å². The molecule has 0 N–H and O–H groups in total. The Balaban J connectivity index is 2.75. The van der Waals surface area contributed by atoms with Crippen LogP contribution < -0.4 is 0 Å². The van der Waals surface area contributed by atoms with Crippen molar-refractivity contribution in [2.45, 2.75) is 26.2 Å². The molecular weight excluding hydrogens is 158 g/mol. The normalized spacial score (nSPS) is 10.0. The lowest BCUT2D eigenvalue weighted by Gasteiger charge is -1.93. The van der Waals surface area contributed by atoms with Gasteiger partial charge in [0.15, 0.2) is 0 Å². The van der Waals surface area contributed by atoms with Crippen LogP contribution >= 0.6 is 11.5 Å². The van der Waals surface area contributed by atoms with Gasteiger partial charge in [-0.25, -0.2) is 4.98 Å². The Morgan fingerprint density at radius 3 is 2.82 bits per heavy atom. The maximum Gasteiger partial charge on any atom is 0.145 e. The molecule has 1 aromatic heterocycles. The molecule has 1 aromatic rings. The second kappa shape index (κ2) is 3.44. The number of aromatic nitrogens is 2. The minimum absolute atomic E-state index is 0.360. The molecule has 0 amide bonds. The van der Waals surface area contributed by atoms with Crippen LogP contribution in [0.2, 0.25) is 0 Å². The molecule has 0 aliphatic rings. The summed E-state index contributed by atoms with van der Waals surface area (Å²) in [5.74, 6) is 1.21. The van der Waals surface area contributed by atoms with Crippen molar-refractivity contribution in [1.29, 1.82) is 5.26 Å². The van der Waals surface area contributed by atoms with Crippen molar-refractivity contribution in [3.8, 4) is 6.07 Å². The van der Waals surface area contributed by atoms with Crippen LogP contribution in [-0.4, -0.2) is 9.36 Å². The zero-order valence-corrected chi connectivity index (χ0v) is 7.35. The Labute approximate surface area is 69.9 Å². The zero-order chi connectivity index (χ0) is 8.27. The van der Waals surface area contributed by atoms with Gasteiger partial charge in [0, 0.05) is 5.92 Å². The molecule has 0 saturated heterocycles. The van der Waals surface area contributed by atoms with Gasteiger partial charge in [0.05, 0.1) is 12.5 Å². The molecule has 0 saturated carbocycles. The molecule has 1 heterocycles. The van der Waals surface area contributed by atoms with E-state index in [4.69, 9.17) is 5.26 Å². The van der Waals surface area contributed by atoms with Gasteiger partial charge >= 0.3 is 0 Å². The van der Waals surface area contributed by atoms with Crippen molar-refractivity contribution < 1.29 is 0 Å². The molecule has 1 rings (SSSR count). The summed E-state index contributed by atoms with van der Waals surface area (Å²) in [6.07, 6.45) is 0.379. The molecule has 11 heavy (non-hydrogen) atoms. The van der Waals surface area contributed by atoms with Crippen LogP contribution in [0.25, 0.3) is 0 Å². The molecule has 4 heteroatoms. The maximum absolute atomic E-state index is 8.36. The Morgan fingerprint density at radius 2 is 2.36 bits per heavy atom. The number of hydrogen-bond acceptors (Lipinski definition) is 4. The predicted molar refractivity (Wildman–Crippen MR) is 43.3 cm³/mol. The highest BCUT2D eigenvalue weighted by atomic mass is 32.1. The van der Waals surface area contributed by atoms with Crippen molar-refractivity contribution in [2.24, 2.45) is 0 Å². The van der Waals surface area contributed by atoms with E-state index in [2.05, 4.69) is 9.36 Å². The lowest BCUT2D eigenvalue weighted by Crippen LogP contribution is -1.90. The molecule has 0 aliphatic heterocycles. The summed E-state index contributed by atoms with van der Waals surface area (Å²) < 4.78 is 4.11. The summed E-state index contributed by atoms with van der Waals surface area (Å²) in [5, 5.41) is 9.17. The average Bonchev–Trinajstić information content (AvgIpc) is 2.37. The maximum atomic E-state index is 8.36. The molecule has 0 aliphatic carbocycles. The summed E-state index contributed by atoms with van der Waals surface area (Å²) >= 11 is 1.32. The van der Waals surface area contributed by atoms with Crippen molar-refractivity contribution in [1.82, 2.24) is 9.36 Å². The van der Waals surface area contributed by atoms with Gasteiger partial charge in [-0.15, -0.1) is 0 Å². The second-order valence-corrected chi connectivity index (χ2v) is 3.37. The van der Waals surface area contributed by atoms with E-state index in [1.807, 2.05) is 19.9 Å². The molecule has 0 unspecified atom stereocenters. The van der Waals surface area contributed by atoms with Gasteiger partial charge in [0.1, 0.15) is 10.8 Å². The van der Waals surface area contributed by atoms with Crippen molar-refractivity contribution in [3.05, 3.63) is 10.8 Å². The Kier molecular flexibility index (Phi) is 2.55. The van der Waals surface area contributed by atoms with Crippen LogP contribution in [0.15, 0.2) is 0 Å². The number of hydrogen-bond donors (Lipinski definition) is 0. The van der Waals surface area contributed by atoms with Crippen LogP contribution in [0.1, 0.15) is 30.6 Å². The minimum Gasteiger partial charge on any atom is -0.223 e. The molecule has 58 valence electrons.